The molecule has 0 radical (unpaired) electrons. The van der Waals surface area contributed by atoms with Gasteiger partial charge in [-0.05, 0) is 142 Å². The number of likely N-dealkylation sites (tertiary alicyclic amines) is 1. The molecule has 8 heteroatoms. The lowest BCUT2D eigenvalue weighted by Crippen LogP contribution is -2.59. The molecule has 9 rings (SSSR count). The minimum absolute atomic E-state index is 0.0299. The van der Waals surface area contributed by atoms with Crippen molar-refractivity contribution in [3.05, 3.63) is 35.9 Å². The van der Waals surface area contributed by atoms with Gasteiger partial charge in [-0.2, -0.15) is 11.8 Å². The maximum absolute atomic E-state index is 14.8. The van der Waals surface area contributed by atoms with Crippen molar-refractivity contribution in [2.24, 2.45) is 70.0 Å². The van der Waals surface area contributed by atoms with Gasteiger partial charge in [0.1, 0.15) is 12.7 Å². The second kappa shape index (κ2) is 15.6. The van der Waals surface area contributed by atoms with Crippen LogP contribution in [0.3, 0.4) is 0 Å². The summed E-state index contributed by atoms with van der Waals surface area (Å²) in [7, 11) is 0. The fourth-order valence-electron chi connectivity index (χ4n) is 14.9. The molecule has 2 heterocycles. The molecule has 1 aromatic rings. The van der Waals surface area contributed by atoms with Gasteiger partial charge in [-0.15, -0.1) is 0 Å². The topological polar surface area (TPSA) is 76.2 Å². The van der Waals surface area contributed by atoms with Gasteiger partial charge in [0.2, 0.25) is 5.91 Å². The fraction of sp³-hybridized carbons (Fsp3) is 0.809. The highest BCUT2D eigenvalue weighted by Crippen LogP contribution is 2.68. The monoisotopic (exact) mass is 772 g/mol. The summed E-state index contributed by atoms with van der Waals surface area (Å²) in [6.45, 7) is 11.7. The van der Waals surface area contributed by atoms with Crippen molar-refractivity contribution in [1.82, 2.24) is 9.80 Å². The molecule has 6 aliphatic carbocycles. The summed E-state index contributed by atoms with van der Waals surface area (Å²) in [5.41, 5.74) is 1.18. The second-order valence-corrected chi connectivity index (χ2v) is 21.3. The molecule has 2 aliphatic heterocycles. The largest absolute Gasteiger partial charge is 0.462 e. The van der Waals surface area contributed by atoms with Gasteiger partial charge < -0.3 is 14.4 Å². The van der Waals surface area contributed by atoms with Crippen LogP contribution in [0.1, 0.15) is 116 Å². The zero-order chi connectivity index (χ0) is 37.9. The SMILES string of the molecule is CC1C(C(=O)OCc2ccccc2)CC1C(=O)OC1CCC2(C)C(CCC3C4CCC5(C(=O)N6CCCC6CN6CCSCC6)CCCC5C4CCC32)C1C. The molecule has 14 atom stereocenters. The van der Waals surface area contributed by atoms with Crippen LogP contribution in [0.25, 0.3) is 0 Å². The summed E-state index contributed by atoms with van der Waals surface area (Å²) >= 11 is 2.08. The van der Waals surface area contributed by atoms with Gasteiger partial charge in [-0.1, -0.05) is 57.5 Å². The van der Waals surface area contributed by atoms with Gasteiger partial charge in [0, 0.05) is 43.7 Å². The van der Waals surface area contributed by atoms with Crippen LogP contribution in [0.5, 0.6) is 0 Å². The number of thioether (sulfide) groups is 1. The van der Waals surface area contributed by atoms with Crippen molar-refractivity contribution in [2.45, 2.75) is 129 Å². The Hall–Kier alpha value is -2.06. The summed E-state index contributed by atoms with van der Waals surface area (Å²) in [5, 5.41) is 0. The van der Waals surface area contributed by atoms with Crippen molar-refractivity contribution in [3.63, 3.8) is 0 Å². The Kier molecular flexibility index (Phi) is 10.9. The number of esters is 2. The lowest BCUT2D eigenvalue weighted by molar-refractivity contribution is -0.188. The Labute approximate surface area is 335 Å². The number of rotatable bonds is 8. The number of carbonyl (C=O) groups is 3. The van der Waals surface area contributed by atoms with E-state index in [0.717, 1.165) is 68.0 Å². The van der Waals surface area contributed by atoms with E-state index in [1.807, 2.05) is 37.3 Å². The average Bonchev–Trinajstić information content (AvgIpc) is 3.86. The number of benzene rings is 1. The maximum atomic E-state index is 14.8. The second-order valence-electron chi connectivity index (χ2n) is 20.0. The van der Waals surface area contributed by atoms with E-state index < -0.39 is 0 Å². The van der Waals surface area contributed by atoms with Crippen LogP contribution in [-0.2, 0) is 30.5 Å². The predicted molar refractivity (Wildman–Crippen MR) is 217 cm³/mol. The molecular weight excluding hydrogens is 705 g/mol. The summed E-state index contributed by atoms with van der Waals surface area (Å²) in [6.07, 6.45) is 16.2. The van der Waals surface area contributed by atoms with E-state index in [0.29, 0.717) is 41.5 Å². The van der Waals surface area contributed by atoms with Crippen molar-refractivity contribution in [1.29, 1.82) is 0 Å². The standard InChI is InChI=1S/C47H68N2O5S/c1-30-37(43(50)53-29-32-9-5-4-6-10-32)27-38(30)44(51)54-42-18-20-46(3)39(31(42)2)15-13-35-34-17-21-47(19-7-12-41(47)36(34)14-16-40(35)46)45(52)49-22-8-11-33(49)28-48-23-25-55-26-24-48/h4-6,9-10,30-31,33-42H,7-8,11-29H2,1-3H3. The molecule has 8 fully saturated rings. The lowest BCUT2D eigenvalue weighted by atomic mass is 9.42. The van der Waals surface area contributed by atoms with Crippen LogP contribution >= 0.6 is 11.8 Å². The molecule has 0 bridgehead atoms. The minimum Gasteiger partial charge on any atom is -0.462 e. The van der Waals surface area contributed by atoms with Gasteiger partial charge in [0.15, 0.2) is 0 Å². The van der Waals surface area contributed by atoms with E-state index >= 15 is 0 Å². The molecule has 6 saturated carbocycles. The summed E-state index contributed by atoms with van der Waals surface area (Å²) < 4.78 is 12.0. The first kappa shape index (κ1) is 38.5. The zero-order valence-electron chi connectivity index (χ0n) is 34.0. The van der Waals surface area contributed by atoms with Crippen LogP contribution < -0.4 is 0 Å². The molecule has 2 saturated heterocycles. The third-order valence-electron chi connectivity index (χ3n) is 17.9. The summed E-state index contributed by atoms with van der Waals surface area (Å²) in [6, 6.07) is 10.2. The van der Waals surface area contributed by atoms with Crippen LogP contribution in [0.2, 0.25) is 0 Å². The third kappa shape index (κ3) is 6.81. The Morgan fingerprint density at radius 1 is 0.745 bits per heavy atom. The molecular formula is C47H68N2O5S. The first-order chi connectivity index (χ1) is 26.7. The van der Waals surface area contributed by atoms with Crippen LogP contribution in [0, 0.1) is 70.0 Å². The zero-order valence-corrected chi connectivity index (χ0v) is 34.8. The van der Waals surface area contributed by atoms with Crippen LogP contribution in [0.15, 0.2) is 30.3 Å². The van der Waals surface area contributed by atoms with E-state index in [9.17, 15) is 14.4 Å². The van der Waals surface area contributed by atoms with Crippen molar-refractivity contribution in [3.8, 4) is 0 Å². The van der Waals surface area contributed by atoms with Crippen LogP contribution in [-0.4, -0.2) is 77.5 Å². The highest BCUT2D eigenvalue weighted by atomic mass is 32.2. The van der Waals surface area contributed by atoms with Gasteiger partial charge in [-0.25, -0.2) is 0 Å². The number of amides is 1. The minimum atomic E-state index is -0.230. The molecule has 302 valence electrons. The molecule has 55 heavy (non-hydrogen) atoms. The Balaban J connectivity index is 0.805. The van der Waals surface area contributed by atoms with Crippen molar-refractivity contribution >= 4 is 29.6 Å². The Bertz CT molecular complexity index is 1570. The van der Waals surface area contributed by atoms with Gasteiger partial charge in [0.05, 0.1) is 17.3 Å². The molecule has 8 aliphatic rings. The molecule has 1 aromatic carbocycles. The predicted octanol–water partition coefficient (Wildman–Crippen LogP) is 8.64. The number of hydrogen-bond donors (Lipinski definition) is 0. The van der Waals surface area contributed by atoms with Gasteiger partial charge >= 0.3 is 11.9 Å². The Morgan fingerprint density at radius 2 is 1.49 bits per heavy atom. The van der Waals surface area contributed by atoms with E-state index in [-0.39, 0.29) is 47.8 Å². The van der Waals surface area contributed by atoms with E-state index in [1.165, 1.54) is 82.4 Å². The number of ether oxygens (including phenoxy) is 2. The van der Waals surface area contributed by atoms with E-state index in [1.54, 1.807) is 0 Å². The molecule has 1 amide bonds. The highest BCUT2D eigenvalue weighted by Gasteiger charge is 2.63. The van der Waals surface area contributed by atoms with Gasteiger partial charge in [0.25, 0.3) is 0 Å². The molecule has 7 nitrogen and oxygen atoms in total. The number of hydrogen-bond acceptors (Lipinski definition) is 7. The fourth-order valence-corrected chi connectivity index (χ4v) is 15.9. The van der Waals surface area contributed by atoms with Crippen LogP contribution in [0.4, 0.5) is 0 Å². The first-order valence-electron chi connectivity index (χ1n) is 22.7. The smallest absolute Gasteiger partial charge is 0.309 e. The molecule has 0 N–H and O–H groups in total. The van der Waals surface area contributed by atoms with E-state index in [2.05, 4.69) is 35.4 Å². The first-order valence-corrected chi connectivity index (χ1v) is 23.9. The molecule has 0 spiro atoms. The van der Waals surface area contributed by atoms with Crippen molar-refractivity contribution < 1.29 is 23.9 Å². The Morgan fingerprint density at radius 3 is 2.27 bits per heavy atom. The van der Waals surface area contributed by atoms with Gasteiger partial charge in [-0.3, -0.25) is 19.3 Å². The average molecular weight is 773 g/mol. The highest BCUT2D eigenvalue weighted by molar-refractivity contribution is 7.99. The third-order valence-corrected chi connectivity index (χ3v) is 18.9. The van der Waals surface area contributed by atoms with Crippen molar-refractivity contribution in [2.75, 3.05) is 37.7 Å². The number of fused-ring (bicyclic) bond motifs is 7. The lowest BCUT2D eigenvalue weighted by Gasteiger charge is -2.63. The summed E-state index contributed by atoms with van der Waals surface area (Å²) in [5.74, 6) is 6.80. The normalized spacial score (nSPS) is 43.9. The summed E-state index contributed by atoms with van der Waals surface area (Å²) in [4.78, 5) is 46.3. The molecule has 0 aromatic heterocycles. The number of nitrogens with zero attached hydrogens (tertiary/aromatic N) is 2. The van der Waals surface area contributed by atoms with E-state index in [4.69, 9.17) is 9.47 Å². The quantitative estimate of drug-likeness (QED) is 0.245. The molecule has 14 unspecified atom stereocenters. The number of carbonyl (C=O) groups excluding carboxylic acids is 3. The maximum Gasteiger partial charge on any atom is 0.309 e.